The predicted octanol–water partition coefficient (Wildman–Crippen LogP) is -11.9. The molecule has 30 heteroatoms. The van der Waals surface area contributed by atoms with Crippen molar-refractivity contribution in [2.24, 2.45) is 0 Å². The van der Waals surface area contributed by atoms with E-state index < -0.39 is 217 Å². The minimum atomic E-state index is -2.23. The fourth-order valence-electron chi connectivity index (χ4n) is 8.79. The summed E-state index contributed by atoms with van der Waals surface area (Å²) in [7, 11) is 0. The highest BCUT2D eigenvalue weighted by atomic mass is 16.8. The van der Waals surface area contributed by atoms with Crippen LogP contribution in [0.25, 0.3) is 0 Å². The van der Waals surface area contributed by atoms with Gasteiger partial charge in [-0.2, -0.15) is 0 Å². The Labute approximate surface area is 386 Å². The van der Waals surface area contributed by atoms with Gasteiger partial charge in [0.1, 0.15) is 134 Å². The molecule has 30 atom stereocenters. The molecule has 0 spiro atoms. The van der Waals surface area contributed by atoms with Gasteiger partial charge in [-0.15, -0.1) is 0 Å². The summed E-state index contributed by atoms with van der Waals surface area (Å²) in [5.74, 6) is -0.867. The largest absolute Gasteiger partial charge is 0.394 e. The van der Waals surface area contributed by atoms with Crippen molar-refractivity contribution in [3.63, 3.8) is 0 Å². The lowest BCUT2D eigenvalue weighted by Gasteiger charge is -2.52. The minimum Gasteiger partial charge on any atom is -0.394 e. The van der Waals surface area contributed by atoms with Gasteiger partial charge in [0.2, 0.25) is 5.91 Å². The predicted molar refractivity (Wildman–Crippen MR) is 208 cm³/mol. The first kappa shape index (κ1) is 55.7. The van der Waals surface area contributed by atoms with E-state index in [0.29, 0.717) is 0 Å². The minimum absolute atomic E-state index is 0.867. The Hall–Kier alpha value is -1.65. The highest BCUT2D eigenvalue weighted by Crippen LogP contribution is 2.38. The second-order valence-electron chi connectivity index (χ2n) is 17.5. The molecule has 68 heavy (non-hydrogen) atoms. The van der Waals surface area contributed by atoms with E-state index >= 15 is 0 Å². The number of nitrogens with one attached hydrogen (secondary N) is 1. The van der Waals surface area contributed by atoms with Crippen LogP contribution in [0.2, 0.25) is 0 Å². The number of amides is 1. The van der Waals surface area contributed by atoms with Crippen LogP contribution in [-0.4, -0.2) is 303 Å². The average Bonchev–Trinajstić information content (AvgIpc) is 3.31. The van der Waals surface area contributed by atoms with Crippen molar-refractivity contribution in [2.45, 2.75) is 205 Å². The van der Waals surface area contributed by atoms with Gasteiger partial charge in [0.05, 0.1) is 38.6 Å². The third-order valence-corrected chi connectivity index (χ3v) is 12.8. The lowest BCUT2D eigenvalue weighted by molar-refractivity contribution is -0.397. The van der Waals surface area contributed by atoms with Crippen LogP contribution in [0.1, 0.15) is 20.8 Å². The maximum absolute atomic E-state index is 12.9. The van der Waals surface area contributed by atoms with Gasteiger partial charge in [0, 0.05) is 6.92 Å². The molecule has 0 bridgehead atoms. The molecule has 0 saturated carbocycles. The molecule has 6 aliphatic rings. The number of carbonyl (C=O) groups is 1. The van der Waals surface area contributed by atoms with Crippen LogP contribution in [0.15, 0.2) is 0 Å². The Morgan fingerprint density at radius 1 is 0.382 bits per heavy atom. The van der Waals surface area contributed by atoms with Gasteiger partial charge in [-0.25, -0.2) is 0 Å². The molecule has 6 fully saturated rings. The molecule has 18 N–H and O–H groups in total. The van der Waals surface area contributed by atoms with Gasteiger partial charge < -0.3 is 144 Å². The molecule has 1 unspecified atom stereocenters. The number of hydrogen-bond donors (Lipinski definition) is 18. The molecule has 6 saturated heterocycles. The molecule has 30 nitrogen and oxygen atoms in total. The van der Waals surface area contributed by atoms with E-state index in [2.05, 4.69) is 5.32 Å². The Bertz CT molecular complexity index is 1590. The molecule has 0 aromatic carbocycles. The molecule has 6 rings (SSSR count). The lowest BCUT2D eigenvalue weighted by atomic mass is 9.93. The molecule has 0 radical (unpaired) electrons. The molecule has 0 aromatic rings. The summed E-state index contributed by atoms with van der Waals surface area (Å²) in [6.07, 6.45) is -53.5. The van der Waals surface area contributed by atoms with Crippen LogP contribution in [-0.2, 0) is 56.9 Å². The Morgan fingerprint density at radius 2 is 0.750 bits per heavy atom. The summed E-state index contributed by atoms with van der Waals surface area (Å²) in [6.45, 7) is -0.320. The zero-order valence-corrected chi connectivity index (χ0v) is 36.7. The van der Waals surface area contributed by atoms with Crippen molar-refractivity contribution in [3.8, 4) is 0 Å². The molecule has 0 aromatic heterocycles. The van der Waals surface area contributed by atoms with Gasteiger partial charge >= 0.3 is 0 Å². The van der Waals surface area contributed by atoms with Gasteiger partial charge in [0.15, 0.2) is 37.7 Å². The van der Waals surface area contributed by atoms with Gasteiger partial charge in [-0.3, -0.25) is 4.79 Å². The molecular weight excluding hydrogens is 934 g/mol. The van der Waals surface area contributed by atoms with E-state index in [4.69, 9.17) is 52.1 Å². The summed E-state index contributed by atoms with van der Waals surface area (Å²) in [4.78, 5) is 12.9. The van der Waals surface area contributed by atoms with E-state index in [1.165, 1.54) is 13.8 Å². The Kier molecular flexibility index (Phi) is 19.2. The Morgan fingerprint density at radius 3 is 1.24 bits per heavy atom. The molecular formula is C38H65NO29. The normalized spacial score (nSPS) is 52.6. The number of ether oxygens (including phenoxy) is 11. The summed E-state index contributed by atoms with van der Waals surface area (Å²) < 4.78 is 63.6. The van der Waals surface area contributed by atoms with Crippen LogP contribution >= 0.6 is 0 Å². The van der Waals surface area contributed by atoms with Gasteiger partial charge in [-0.05, 0) is 13.8 Å². The second kappa shape index (κ2) is 23.5. The standard InChI is InChI=1S/C38H65NO29/c1-8-16(45)20(49)23(52)35(58-8)66-30-15(39-10(3)44)34(63-14(7-43)28(30)64-37-25(54)22(51)18(47)11(4-40)61-37)67-31-19(48)12(5-41)62-38(27(31)56)65-29-13(6-42)60-33(57)26(55)32(29)68-36-24(53)21(50)17(46)9(2)59-36/h8-9,11-38,40-43,45-57H,4-7H2,1-3H3,(H,39,44)/t8-,9-,11+,12+,13+,14+,15+,16+,17+,18-,19-,20+,21+,22-,23-,24-,25+,26+,27+,28+,29+,30+,31-,32+,33?,34-,35-,36-,37-,38-/m0/s1. The van der Waals surface area contributed by atoms with E-state index in [1.807, 2.05) is 0 Å². The highest BCUT2D eigenvalue weighted by Gasteiger charge is 2.58. The molecule has 6 heterocycles. The number of rotatable bonds is 15. The first-order valence-electron chi connectivity index (χ1n) is 21.8. The molecule has 1 amide bonds. The van der Waals surface area contributed by atoms with Crippen molar-refractivity contribution >= 4 is 5.91 Å². The summed E-state index contributed by atoms with van der Waals surface area (Å²) in [5.41, 5.74) is 0. The van der Waals surface area contributed by atoms with Crippen LogP contribution < -0.4 is 5.32 Å². The fraction of sp³-hybridized carbons (Fsp3) is 0.974. The van der Waals surface area contributed by atoms with Crippen LogP contribution in [0.4, 0.5) is 0 Å². The maximum atomic E-state index is 12.9. The van der Waals surface area contributed by atoms with E-state index in [-0.39, 0.29) is 0 Å². The summed E-state index contributed by atoms with van der Waals surface area (Å²) in [5, 5.41) is 184. The van der Waals surface area contributed by atoms with E-state index in [0.717, 1.165) is 6.92 Å². The van der Waals surface area contributed by atoms with Crippen molar-refractivity contribution in [1.29, 1.82) is 0 Å². The van der Waals surface area contributed by atoms with E-state index in [1.54, 1.807) is 0 Å². The third-order valence-electron chi connectivity index (χ3n) is 12.8. The van der Waals surface area contributed by atoms with Gasteiger partial charge in [0.25, 0.3) is 0 Å². The van der Waals surface area contributed by atoms with Crippen LogP contribution in [0.3, 0.4) is 0 Å². The van der Waals surface area contributed by atoms with Gasteiger partial charge in [-0.1, -0.05) is 0 Å². The van der Waals surface area contributed by atoms with E-state index in [9.17, 15) is 91.6 Å². The summed E-state index contributed by atoms with van der Waals surface area (Å²) in [6, 6.07) is -1.80. The molecule has 396 valence electrons. The number of aliphatic hydroxyl groups is 17. The monoisotopic (exact) mass is 999 g/mol. The van der Waals surface area contributed by atoms with Crippen molar-refractivity contribution < 1.29 is 144 Å². The number of aliphatic hydroxyl groups excluding tert-OH is 17. The first-order chi connectivity index (χ1) is 32.1. The number of carbonyl (C=O) groups excluding carboxylic acids is 1. The zero-order valence-electron chi connectivity index (χ0n) is 36.7. The third kappa shape index (κ3) is 11.4. The second-order valence-corrected chi connectivity index (χ2v) is 17.5. The van der Waals surface area contributed by atoms with Crippen LogP contribution in [0, 0.1) is 0 Å². The van der Waals surface area contributed by atoms with Crippen molar-refractivity contribution in [3.05, 3.63) is 0 Å². The maximum Gasteiger partial charge on any atom is 0.217 e. The average molecular weight is 1000 g/mol. The SMILES string of the molecule is CC(=O)N[C@H]1[C@H](O[C@H]2[C@@H](O)[C@@H](CO)O[C@@H](O[C@H]3[C@H](O[C@@H]4O[C@@H](C)[C@@H](O)[C@@H](O)[C@@H]4O)[C@@H](O)C(O)O[C@@H]3CO)[C@@H]2O)O[C@H](CO)[C@@H](O[C@@H]2O[C@H](CO)[C@H](O)[C@H](O)[C@H]2O)[C@@H]1O[C@@H]1O[C@@H](C)[C@@H](O)[C@@H](O)[C@@H]1O. The lowest BCUT2D eigenvalue weighted by Crippen LogP contribution is -2.71. The zero-order chi connectivity index (χ0) is 50.2. The number of hydrogen-bond acceptors (Lipinski definition) is 29. The quantitative estimate of drug-likeness (QED) is 0.0724. The molecule has 0 aliphatic carbocycles. The molecule has 6 aliphatic heterocycles. The highest BCUT2D eigenvalue weighted by molar-refractivity contribution is 5.73. The summed E-state index contributed by atoms with van der Waals surface area (Å²) >= 11 is 0. The van der Waals surface area contributed by atoms with Crippen molar-refractivity contribution in [2.75, 3.05) is 26.4 Å². The Balaban J connectivity index is 1.33. The fourth-order valence-corrected chi connectivity index (χ4v) is 8.79. The smallest absolute Gasteiger partial charge is 0.217 e. The van der Waals surface area contributed by atoms with Crippen LogP contribution in [0.5, 0.6) is 0 Å². The first-order valence-corrected chi connectivity index (χ1v) is 21.8. The topological polar surface area (TPSA) is 475 Å². The van der Waals surface area contributed by atoms with Crippen molar-refractivity contribution in [1.82, 2.24) is 5.32 Å².